The number of nitro groups is 1. The molecule has 0 amide bonds. The van der Waals surface area contributed by atoms with Gasteiger partial charge in [0.25, 0.3) is 0 Å². The molecule has 9 heteroatoms. The number of halogens is 2. The van der Waals surface area contributed by atoms with Gasteiger partial charge in [0, 0.05) is 12.3 Å². The van der Waals surface area contributed by atoms with E-state index in [1.807, 2.05) is 0 Å². The summed E-state index contributed by atoms with van der Waals surface area (Å²) in [5.41, 5.74) is -0.138. The lowest BCUT2D eigenvalue weighted by Crippen LogP contribution is -2.04. The Hall–Kier alpha value is -1.35. The molecule has 2 aromatic rings. The quantitative estimate of drug-likeness (QED) is 0.612. The van der Waals surface area contributed by atoms with Gasteiger partial charge in [-0.2, -0.15) is 9.67 Å². The van der Waals surface area contributed by atoms with Crippen molar-refractivity contribution in [3.8, 4) is 5.82 Å². The van der Waals surface area contributed by atoms with Crippen molar-refractivity contribution in [2.24, 2.45) is 0 Å². The van der Waals surface area contributed by atoms with Crippen molar-refractivity contribution in [2.75, 3.05) is 0 Å². The second-order valence-electron chi connectivity index (χ2n) is 2.66. The van der Waals surface area contributed by atoms with Crippen LogP contribution in [0.25, 0.3) is 5.82 Å². The predicted molar refractivity (Wildman–Crippen MR) is 61.2 cm³/mol. The van der Waals surface area contributed by atoms with Gasteiger partial charge in [0.15, 0.2) is 0 Å². The summed E-state index contributed by atoms with van der Waals surface area (Å²) < 4.78 is 1.89. The largest absolute Gasteiger partial charge is 0.313 e. The minimum Gasteiger partial charge on any atom is -0.258 e. The Morgan fingerprint density at radius 1 is 1.44 bits per heavy atom. The molecule has 0 N–H and O–H groups in total. The third kappa shape index (κ3) is 1.95. The Kier molecular flexibility index (Phi) is 2.97. The van der Waals surface area contributed by atoms with Crippen molar-refractivity contribution in [1.82, 2.24) is 19.7 Å². The molecule has 2 rings (SSSR count). The molecular weight excluding hydrogens is 346 g/mol. The van der Waals surface area contributed by atoms with Gasteiger partial charge in [-0.05, 0) is 37.9 Å². The first-order valence-electron chi connectivity index (χ1n) is 3.97. The molecule has 7 nitrogen and oxygen atoms in total. The number of hydrogen-bond donors (Lipinski definition) is 0. The Morgan fingerprint density at radius 3 is 2.75 bits per heavy atom. The molecule has 0 radical (unpaired) electrons. The maximum atomic E-state index is 10.8. The van der Waals surface area contributed by atoms with Crippen LogP contribution in [0.15, 0.2) is 27.8 Å². The molecule has 0 spiro atoms. The molecule has 0 atom stereocenters. The SMILES string of the molecule is O=[N+]([O-])c1cccnc1-n1nc(Br)nc1Br. The van der Waals surface area contributed by atoms with Crippen LogP contribution in [0.5, 0.6) is 0 Å². The van der Waals surface area contributed by atoms with Gasteiger partial charge in [-0.25, -0.2) is 4.98 Å². The fraction of sp³-hybridized carbons (Fsp3) is 0. The van der Waals surface area contributed by atoms with Crippen LogP contribution in [-0.4, -0.2) is 24.7 Å². The second-order valence-corrected chi connectivity index (χ2v) is 4.08. The Balaban J connectivity index is 2.64. The summed E-state index contributed by atoms with van der Waals surface area (Å²) >= 11 is 6.21. The molecular formula is C7H3Br2N5O2. The fourth-order valence-electron chi connectivity index (χ4n) is 1.10. The number of rotatable bonds is 2. The molecule has 0 aromatic carbocycles. The second kappa shape index (κ2) is 4.26. The lowest BCUT2D eigenvalue weighted by atomic mass is 10.4. The Labute approximate surface area is 106 Å². The van der Waals surface area contributed by atoms with Gasteiger partial charge in [-0.3, -0.25) is 10.1 Å². The monoisotopic (exact) mass is 347 g/mol. The van der Waals surface area contributed by atoms with Crippen LogP contribution in [-0.2, 0) is 0 Å². The first kappa shape index (κ1) is 11.1. The van der Waals surface area contributed by atoms with Gasteiger partial charge in [-0.15, -0.1) is 5.10 Å². The zero-order chi connectivity index (χ0) is 11.7. The highest BCUT2D eigenvalue weighted by Gasteiger charge is 2.19. The van der Waals surface area contributed by atoms with Crippen molar-refractivity contribution >= 4 is 37.5 Å². The summed E-state index contributed by atoms with van der Waals surface area (Å²) in [7, 11) is 0. The maximum absolute atomic E-state index is 10.8. The van der Waals surface area contributed by atoms with Crippen LogP contribution in [0.4, 0.5) is 5.69 Å². The molecule has 0 aliphatic heterocycles. The maximum Gasteiger partial charge on any atom is 0.313 e. The van der Waals surface area contributed by atoms with E-state index in [1.54, 1.807) is 0 Å². The zero-order valence-electron chi connectivity index (χ0n) is 7.54. The van der Waals surface area contributed by atoms with Crippen LogP contribution < -0.4 is 0 Å². The molecule has 2 aromatic heterocycles. The van der Waals surface area contributed by atoms with E-state index in [9.17, 15) is 10.1 Å². The van der Waals surface area contributed by atoms with E-state index in [-0.39, 0.29) is 11.5 Å². The van der Waals surface area contributed by atoms with Crippen LogP contribution in [0.2, 0.25) is 0 Å². The molecule has 2 heterocycles. The zero-order valence-corrected chi connectivity index (χ0v) is 10.7. The number of nitrogens with zero attached hydrogens (tertiary/aromatic N) is 5. The van der Waals surface area contributed by atoms with Gasteiger partial charge >= 0.3 is 5.69 Å². The first-order chi connectivity index (χ1) is 7.59. The average molecular weight is 349 g/mol. The van der Waals surface area contributed by atoms with E-state index in [2.05, 4.69) is 46.9 Å². The summed E-state index contributed by atoms with van der Waals surface area (Å²) in [6.07, 6.45) is 1.45. The summed E-state index contributed by atoms with van der Waals surface area (Å²) in [4.78, 5) is 18.1. The minimum atomic E-state index is -0.523. The molecule has 82 valence electrons. The molecule has 16 heavy (non-hydrogen) atoms. The van der Waals surface area contributed by atoms with Gasteiger partial charge in [-0.1, -0.05) is 0 Å². The lowest BCUT2D eigenvalue weighted by Gasteiger charge is -2.00. The normalized spacial score (nSPS) is 10.4. The average Bonchev–Trinajstić information content (AvgIpc) is 2.57. The smallest absolute Gasteiger partial charge is 0.258 e. The van der Waals surface area contributed by atoms with E-state index in [0.29, 0.717) is 9.47 Å². The molecule has 0 saturated carbocycles. The highest BCUT2D eigenvalue weighted by atomic mass is 79.9. The topological polar surface area (TPSA) is 86.7 Å². The van der Waals surface area contributed by atoms with E-state index >= 15 is 0 Å². The minimum absolute atomic E-state index is 0.109. The summed E-state index contributed by atoms with van der Waals surface area (Å²) in [6.45, 7) is 0. The van der Waals surface area contributed by atoms with Crippen LogP contribution >= 0.6 is 31.9 Å². The Morgan fingerprint density at radius 2 is 2.19 bits per heavy atom. The number of pyridine rings is 1. The fourth-order valence-corrected chi connectivity index (χ4v) is 2.08. The Bertz CT molecular complexity index is 555. The van der Waals surface area contributed by atoms with Crippen molar-refractivity contribution in [1.29, 1.82) is 0 Å². The molecule has 0 fully saturated rings. The highest BCUT2D eigenvalue weighted by molar-refractivity contribution is 9.11. The summed E-state index contributed by atoms with van der Waals surface area (Å²) in [5.74, 6) is 0.109. The van der Waals surface area contributed by atoms with Gasteiger partial charge in [0.1, 0.15) is 0 Å². The summed E-state index contributed by atoms with van der Waals surface area (Å²) in [6, 6.07) is 2.84. The van der Waals surface area contributed by atoms with Gasteiger partial charge < -0.3 is 0 Å². The standard InChI is InChI=1S/C7H3Br2N5O2/c8-6-11-7(9)13(12-6)5-4(14(15)16)2-1-3-10-5/h1-3H. The molecule has 0 unspecified atom stereocenters. The molecule has 0 aliphatic rings. The molecule has 0 aliphatic carbocycles. The van der Waals surface area contributed by atoms with E-state index in [1.165, 1.54) is 23.0 Å². The first-order valence-corrected chi connectivity index (χ1v) is 5.56. The van der Waals surface area contributed by atoms with Crippen LogP contribution in [0.1, 0.15) is 0 Å². The van der Waals surface area contributed by atoms with E-state index in [4.69, 9.17) is 0 Å². The van der Waals surface area contributed by atoms with Crippen LogP contribution in [0.3, 0.4) is 0 Å². The van der Waals surface area contributed by atoms with Gasteiger partial charge in [0.2, 0.25) is 15.3 Å². The summed E-state index contributed by atoms with van der Waals surface area (Å²) in [5, 5.41) is 14.7. The van der Waals surface area contributed by atoms with E-state index in [0.717, 1.165) is 0 Å². The lowest BCUT2D eigenvalue weighted by molar-refractivity contribution is -0.385. The van der Waals surface area contributed by atoms with Gasteiger partial charge in [0.05, 0.1) is 4.92 Å². The van der Waals surface area contributed by atoms with Crippen molar-refractivity contribution < 1.29 is 4.92 Å². The molecule has 0 bridgehead atoms. The number of aromatic nitrogens is 4. The van der Waals surface area contributed by atoms with Crippen molar-refractivity contribution in [3.05, 3.63) is 37.9 Å². The van der Waals surface area contributed by atoms with Crippen molar-refractivity contribution in [2.45, 2.75) is 0 Å². The third-order valence-corrected chi connectivity index (χ3v) is 2.55. The van der Waals surface area contributed by atoms with E-state index < -0.39 is 4.92 Å². The third-order valence-electron chi connectivity index (χ3n) is 1.71. The highest BCUT2D eigenvalue weighted by Crippen LogP contribution is 2.23. The van der Waals surface area contributed by atoms with Crippen molar-refractivity contribution in [3.63, 3.8) is 0 Å². The molecule has 0 saturated heterocycles. The van der Waals surface area contributed by atoms with Crippen LogP contribution in [0, 0.1) is 10.1 Å². The number of hydrogen-bond acceptors (Lipinski definition) is 5. The predicted octanol–water partition coefficient (Wildman–Crippen LogP) is 2.10.